The minimum atomic E-state index is -0.549. The summed E-state index contributed by atoms with van der Waals surface area (Å²) >= 11 is 6.16. The Morgan fingerprint density at radius 1 is 0.929 bits per heavy atom. The quantitative estimate of drug-likeness (QED) is 0.520. The molecular formula is C22H16ClFN2O2. The fraction of sp³-hybridized carbons (Fsp3) is 0.0909. The van der Waals surface area contributed by atoms with Gasteiger partial charge in [0.1, 0.15) is 5.82 Å². The first kappa shape index (κ1) is 18.2. The molecule has 0 bridgehead atoms. The van der Waals surface area contributed by atoms with Gasteiger partial charge in [-0.25, -0.2) is 13.8 Å². The van der Waals surface area contributed by atoms with E-state index in [1.165, 1.54) is 16.7 Å². The van der Waals surface area contributed by atoms with Crippen LogP contribution < -0.4 is 11.2 Å². The second-order valence-corrected chi connectivity index (χ2v) is 6.97. The van der Waals surface area contributed by atoms with Crippen LogP contribution in [0.15, 0.2) is 76.3 Å². The molecule has 1 aromatic heterocycles. The summed E-state index contributed by atoms with van der Waals surface area (Å²) in [6.45, 7) is 1.84. The second-order valence-electron chi connectivity index (χ2n) is 6.56. The van der Waals surface area contributed by atoms with Crippen molar-refractivity contribution >= 4 is 22.5 Å². The zero-order valence-corrected chi connectivity index (χ0v) is 15.8. The van der Waals surface area contributed by atoms with Gasteiger partial charge in [-0.3, -0.25) is 9.36 Å². The lowest BCUT2D eigenvalue weighted by Crippen LogP contribution is -2.39. The van der Waals surface area contributed by atoms with Crippen LogP contribution in [0.1, 0.15) is 11.1 Å². The van der Waals surface area contributed by atoms with E-state index in [-0.39, 0.29) is 17.1 Å². The average molecular weight is 395 g/mol. The first-order valence-electron chi connectivity index (χ1n) is 8.72. The van der Waals surface area contributed by atoms with E-state index in [1.54, 1.807) is 42.5 Å². The molecule has 28 heavy (non-hydrogen) atoms. The van der Waals surface area contributed by atoms with Gasteiger partial charge >= 0.3 is 5.69 Å². The molecule has 0 saturated carbocycles. The van der Waals surface area contributed by atoms with E-state index in [2.05, 4.69) is 0 Å². The molecule has 0 spiro atoms. The maximum absolute atomic E-state index is 14.3. The lowest BCUT2D eigenvalue weighted by molar-refractivity contribution is 0.594. The Hall–Kier alpha value is -3.18. The van der Waals surface area contributed by atoms with E-state index in [0.717, 1.165) is 10.1 Å². The van der Waals surface area contributed by atoms with Crippen molar-refractivity contribution in [2.75, 3.05) is 0 Å². The Labute approximate surface area is 165 Å². The van der Waals surface area contributed by atoms with Crippen LogP contribution in [0.4, 0.5) is 4.39 Å². The predicted octanol–water partition coefficient (Wildman–Crippen LogP) is 4.30. The largest absolute Gasteiger partial charge is 0.336 e. The Balaban J connectivity index is 2.04. The number of fused-ring (bicyclic) bond motifs is 1. The average Bonchev–Trinajstić information content (AvgIpc) is 2.69. The van der Waals surface area contributed by atoms with Gasteiger partial charge in [0.2, 0.25) is 0 Å². The highest BCUT2D eigenvalue weighted by atomic mass is 35.5. The van der Waals surface area contributed by atoms with Crippen molar-refractivity contribution in [2.24, 2.45) is 0 Å². The van der Waals surface area contributed by atoms with Crippen molar-refractivity contribution in [3.8, 4) is 5.69 Å². The number of rotatable bonds is 3. The Morgan fingerprint density at radius 3 is 2.36 bits per heavy atom. The van der Waals surface area contributed by atoms with Crippen molar-refractivity contribution in [1.82, 2.24) is 9.13 Å². The van der Waals surface area contributed by atoms with Crippen molar-refractivity contribution < 1.29 is 4.39 Å². The van der Waals surface area contributed by atoms with Gasteiger partial charge in [0.05, 0.1) is 23.1 Å². The van der Waals surface area contributed by atoms with E-state index in [9.17, 15) is 14.0 Å². The van der Waals surface area contributed by atoms with E-state index in [1.807, 2.05) is 19.1 Å². The standard InChI is InChI=1S/C22H16ClFN2O2/c1-14-9-11-15(12-10-14)26-21(27)16-5-2-3-8-20(16)25(22(26)28)13-17-18(23)6-4-7-19(17)24/h2-12H,13H2,1H3. The smallest absolute Gasteiger partial charge is 0.288 e. The Morgan fingerprint density at radius 2 is 1.64 bits per heavy atom. The number of halogens is 2. The SMILES string of the molecule is Cc1ccc(-n2c(=O)c3ccccc3n(Cc3c(F)cccc3Cl)c2=O)cc1. The van der Waals surface area contributed by atoms with Gasteiger partial charge in [-0.1, -0.05) is 47.5 Å². The lowest BCUT2D eigenvalue weighted by atomic mass is 10.1. The third-order valence-electron chi connectivity index (χ3n) is 4.72. The van der Waals surface area contributed by atoms with Gasteiger partial charge in [-0.2, -0.15) is 0 Å². The first-order chi connectivity index (χ1) is 13.5. The van der Waals surface area contributed by atoms with E-state index in [0.29, 0.717) is 16.6 Å². The van der Waals surface area contributed by atoms with Crippen LogP contribution in [0, 0.1) is 12.7 Å². The molecule has 0 N–H and O–H groups in total. The molecule has 0 unspecified atom stereocenters. The molecule has 0 radical (unpaired) electrons. The number of aromatic nitrogens is 2. The normalized spacial score (nSPS) is 11.1. The zero-order chi connectivity index (χ0) is 19.8. The van der Waals surface area contributed by atoms with Crippen LogP contribution in [0.2, 0.25) is 5.02 Å². The number of nitrogens with zero attached hydrogens (tertiary/aromatic N) is 2. The van der Waals surface area contributed by atoms with Gasteiger partial charge in [-0.05, 0) is 43.3 Å². The molecule has 140 valence electrons. The summed E-state index contributed by atoms with van der Waals surface area (Å²) in [5.74, 6) is -0.503. The topological polar surface area (TPSA) is 44.0 Å². The molecule has 0 saturated heterocycles. The molecule has 4 aromatic rings. The third-order valence-corrected chi connectivity index (χ3v) is 5.07. The number of aryl methyl sites for hydroxylation is 1. The fourth-order valence-electron chi connectivity index (χ4n) is 3.24. The van der Waals surface area contributed by atoms with Crippen molar-refractivity contribution in [3.63, 3.8) is 0 Å². The molecule has 0 aliphatic rings. The third kappa shape index (κ3) is 3.04. The molecule has 3 aromatic carbocycles. The van der Waals surface area contributed by atoms with Gasteiger partial charge < -0.3 is 0 Å². The molecule has 0 aliphatic heterocycles. The summed E-state index contributed by atoms with van der Waals surface area (Å²) in [6.07, 6.45) is 0. The zero-order valence-electron chi connectivity index (χ0n) is 15.0. The molecular weight excluding hydrogens is 379 g/mol. The van der Waals surface area contributed by atoms with Gasteiger partial charge in [0.15, 0.2) is 0 Å². The van der Waals surface area contributed by atoms with Crippen molar-refractivity contribution in [1.29, 1.82) is 0 Å². The number of hydrogen-bond donors (Lipinski definition) is 0. The fourth-order valence-corrected chi connectivity index (χ4v) is 3.46. The summed E-state index contributed by atoms with van der Waals surface area (Å²) < 4.78 is 16.8. The minimum absolute atomic E-state index is 0.0863. The van der Waals surface area contributed by atoms with Crippen LogP contribution >= 0.6 is 11.6 Å². The van der Waals surface area contributed by atoms with Gasteiger partial charge in [-0.15, -0.1) is 0 Å². The van der Waals surface area contributed by atoms with Crippen LogP contribution in [0.5, 0.6) is 0 Å². The molecule has 4 nitrogen and oxygen atoms in total. The summed E-state index contributed by atoms with van der Waals surface area (Å²) in [6, 6.07) is 18.3. The highest BCUT2D eigenvalue weighted by Crippen LogP contribution is 2.21. The summed E-state index contributed by atoms with van der Waals surface area (Å²) in [5.41, 5.74) is 1.13. The number of para-hydroxylation sites is 1. The van der Waals surface area contributed by atoms with Crippen LogP contribution in [-0.4, -0.2) is 9.13 Å². The van der Waals surface area contributed by atoms with Crippen LogP contribution in [-0.2, 0) is 6.54 Å². The minimum Gasteiger partial charge on any atom is -0.288 e. The number of benzene rings is 3. The molecule has 0 atom stereocenters. The molecule has 0 aliphatic carbocycles. The van der Waals surface area contributed by atoms with Crippen LogP contribution in [0.25, 0.3) is 16.6 Å². The highest BCUT2D eigenvalue weighted by molar-refractivity contribution is 6.31. The molecule has 4 rings (SSSR count). The molecule has 6 heteroatoms. The van der Waals surface area contributed by atoms with E-state index >= 15 is 0 Å². The van der Waals surface area contributed by atoms with Crippen molar-refractivity contribution in [2.45, 2.75) is 13.5 Å². The van der Waals surface area contributed by atoms with Gasteiger partial charge in [0, 0.05) is 10.6 Å². The Bertz CT molecular complexity index is 1290. The monoisotopic (exact) mass is 394 g/mol. The Kier molecular flexibility index (Phi) is 4.61. The first-order valence-corrected chi connectivity index (χ1v) is 9.09. The molecule has 1 heterocycles. The maximum Gasteiger partial charge on any atom is 0.336 e. The maximum atomic E-state index is 14.3. The highest BCUT2D eigenvalue weighted by Gasteiger charge is 2.17. The van der Waals surface area contributed by atoms with E-state index in [4.69, 9.17) is 11.6 Å². The summed E-state index contributed by atoms with van der Waals surface area (Å²) in [5, 5.41) is 0.596. The summed E-state index contributed by atoms with van der Waals surface area (Å²) in [7, 11) is 0. The van der Waals surface area contributed by atoms with Crippen LogP contribution in [0.3, 0.4) is 0 Å². The molecule has 0 fully saturated rings. The molecule has 0 amide bonds. The van der Waals surface area contributed by atoms with E-state index < -0.39 is 17.1 Å². The second kappa shape index (κ2) is 7.09. The summed E-state index contributed by atoms with van der Waals surface area (Å²) in [4.78, 5) is 26.3. The predicted molar refractivity (Wildman–Crippen MR) is 109 cm³/mol. The van der Waals surface area contributed by atoms with Gasteiger partial charge in [0.25, 0.3) is 5.56 Å². The number of hydrogen-bond acceptors (Lipinski definition) is 2. The van der Waals surface area contributed by atoms with Crippen molar-refractivity contribution in [3.05, 3.63) is 110 Å². The lowest BCUT2D eigenvalue weighted by Gasteiger charge is -2.15.